The number of benzene rings is 1. The first-order valence-electron chi connectivity index (χ1n) is 7.09. The molecule has 0 bridgehead atoms. The largest absolute Gasteiger partial charge is 0.390 e. The number of aromatic amines is 1. The summed E-state index contributed by atoms with van der Waals surface area (Å²) in [6.45, 7) is 3.85. The van der Waals surface area contributed by atoms with Gasteiger partial charge in [-0.2, -0.15) is 0 Å². The topological polar surface area (TPSA) is 56.3 Å². The maximum absolute atomic E-state index is 12.4. The summed E-state index contributed by atoms with van der Waals surface area (Å²) in [7, 11) is 0. The molecule has 0 amide bonds. The number of aromatic nitrogens is 1. The van der Waals surface area contributed by atoms with E-state index < -0.39 is 5.60 Å². The van der Waals surface area contributed by atoms with Crippen LogP contribution in [0.15, 0.2) is 30.5 Å². The standard InChI is InChI=1S/C16H20N2O2/c1-16(20)6-8-18(9-7-16)11-15(19)13-10-17-14-5-3-2-4-12(13)14/h2-5,10,17,20H,6-9,11H2,1H3. The Balaban J connectivity index is 1.71. The van der Waals surface area contributed by atoms with Gasteiger partial charge in [-0.05, 0) is 25.8 Å². The zero-order chi connectivity index (χ0) is 14.2. The van der Waals surface area contributed by atoms with Crippen LogP contribution < -0.4 is 0 Å². The molecule has 4 heteroatoms. The van der Waals surface area contributed by atoms with Crippen LogP contribution in [-0.2, 0) is 0 Å². The maximum Gasteiger partial charge on any atom is 0.178 e. The van der Waals surface area contributed by atoms with Gasteiger partial charge in [0, 0.05) is 35.8 Å². The molecule has 1 aliphatic rings. The van der Waals surface area contributed by atoms with E-state index in [1.54, 1.807) is 6.20 Å². The molecular formula is C16H20N2O2. The zero-order valence-corrected chi connectivity index (χ0v) is 11.7. The summed E-state index contributed by atoms with van der Waals surface area (Å²) in [6, 6.07) is 7.86. The number of carbonyl (C=O) groups is 1. The molecule has 1 fully saturated rings. The quantitative estimate of drug-likeness (QED) is 0.842. The van der Waals surface area contributed by atoms with Crippen molar-refractivity contribution in [3.63, 3.8) is 0 Å². The van der Waals surface area contributed by atoms with Crippen molar-refractivity contribution in [1.82, 2.24) is 9.88 Å². The number of hydrogen-bond acceptors (Lipinski definition) is 3. The van der Waals surface area contributed by atoms with Gasteiger partial charge in [-0.3, -0.25) is 9.69 Å². The number of nitrogens with zero attached hydrogens (tertiary/aromatic N) is 1. The molecule has 106 valence electrons. The van der Waals surface area contributed by atoms with Crippen LogP contribution in [0.3, 0.4) is 0 Å². The first kappa shape index (κ1) is 13.3. The molecule has 1 aromatic heterocycles. The zero-order valence-electron chi connectivity index (χ0n) is 11.7. The van der Waals surface area contributed by atoms with Crippen LogP contribution in [0.5, 0.6) is 0 Å². The molecule has 2 N–H and O–H groups in total. The van der Waals surface area contributed by atoms with Gasteiger partial charge in [-0.1, -0.05) is 18.2 Å². The minimum absolute atomic E-state index is 0.143. The van der Waals surface area contributed by atoms with Crippen LogP contribution in [-0.4, -0.2) is 46.0 Å². The predicted octanol–water partition coefficient (Wildman–Crippen LogP) is 2.20. The van der Waals surface area contributed by atoms with Crippen LogP contribution in [0, 0.1) is 0 Å². The average molecular weight is 272 g/mol. The third-order valence-electron chi connectivity index (χ3n) is 4.19. The Labute approximate surface area is 118 Å². The molecule has 1 saturated heterocycles. The van der Waals surface area contributed by atoms with Crippen molar-refractivity contribution in [2.45, 2.75) is 25.4 Å². The lowest BCUT2D eigenvalue weighted by Crippen LogP contribution is -2.44. The van der Waals surface area contributed by atoms with E-state index in [9.17, 15) is 9.90 Å². The van der Waals surface area contributed by atoms with Crippen LogP contribution >= 0.6 is 0 Å². The molecule has 1 aliphatic heterocycles. The first-order valence-corrected chi connectivity index (χ1v) is 7.09. The number of carbonyl (C=O) groups excluding carboxylic acids is 1. The van der Waals surface area contributed by atoms with E-state index in [-0.39, 0.29) is 5.78 Å². The van der Waals surface area contributed by atoms with Gasteiger partial charge in [0.15, 0.2) is 5.78 Å². The Kier molecular flexibility index (Phi) is 3.36. The van der Waals surface area contributed by atoms with Crippen molar-refractivity contribution < 1.29 is 9.90 Å². The van der Waals surface area contributed by atoms with Gasteiger partial charge in [0.05, 0.1) is 12.1 Å². The second-order valence-electron chi connectivity index (χ2n) is 5.94. The van der Waals surface area contributed by atoms with Crippen molar-refractivity contribution in [3.8, 4) is 0 Å². The number of Topliss-reactive ketones (excluding diaryl/α,β-unsaturated/α-hetero) is 1. The molecule has 0 atom stereocenters. The Morgan fingerprint density at radius 2 is 2.05 bits per heavy atom. The predicted molar refractivity (Wildman–Crippen MR) is 78.9 cm³/mol. The smallest absolute Gasteiger partial charge is 0.178 e. The van der Waals surface area contributed by atoms with Crippen LogP contribution in [0.25, 0.3) is 10.9 Å². The van der Waals surface area contributed by atoms with Gasteiger partial charge in [-0.15, -0.1) is 0 Å². The molecular weight excluding hydrogens is 252 g/mol. The van der Waals surface area contributed by atoms with Crippen LogP contribution in [0.1, 0.15) is 30.1 Å². The average Bonchev–Trinajstić information content (AvgIpc) is 2.85. The highest BCUT2D eigenvalue weighted by atomic mass is 16.3. The summed E-state index contributed by atoms with van der Waals surface area (Å²) in [6.07, 6.45) is 3.26. The number of ketones is 1. The summed E-state index contributed by atoms with van der Waals surface area (Å²) in [5, 5.41) is 10.9. The van der Waals surface area contributed by atoms with Crippen molar-refractivity contribution in [3.05, 3.63) is 36.0 Å². The van der Waals surface area contributed by atoms with Crippen LogP contribution in [0.2, 0.25) is 0 Å². The third kappa shape index (κ3) is 2.62. The monoisotopic (exact) mass is 272 g/mol. The van der Waals surface area contributed by atoms with E-state index in [0.29, 0.717) is 6.54 Å². The molecule has 0 spiro atoms. The molecule has 4 nitrogen and oxygen atoms in total. The first-order chi connectivity index (χ1) is 9.55. The second-order valence-corrected chi connectivity index (χ2v) is 5.94. The van der Waals surface area contributed by atoms with E-state index in [1.807, 2.05) is 31.2 Å². The summed E-state index contributed by atoms with van der Waals surface area (Å²) in [5.74, 6) is 0.143. The van der Waals surface area contributed by atoms with Crippen molar-refractivity contribution in [1.29, 1.82) is 0 Å². The molecule has 0 aliphatic carbocycles. The molecule has 20 heavy (non-hydrogen) atoms. The third-order valence-corrected chi connectivity index (χ3v) is 4.19. The fourth-order valence-corrected chi connectivity index (χ4v) is 2.78. The van der Waals surface area contributed by atoms with E-state index in [1.165, 1.54) is 0 Å². The lowest BCUT2D eigenvalue weighted by molar-refractivity contribution is -0.00418. The Bertz CT molecular complexity index is 620. The van der Waals surface area contributed by atoms with Gasteiger partial charge >= 0.3 is 0 Å². The van der Waals surface area contributed by atoms with Gasteiger partial charge in [0.1, 0.15) is 0 Å². The van der Waals surface area contributed by atoms with Gasteiger partial charge in [0.25, 0.3) is 0 Å². The molecule has 2 aromatic rings. The van der Waals surface area contributed by atoms with Crippen molar-refractivity contribution >= 4 is 16.7 Å². The molecule has 0 radical (unpaired) electrons. The Hall–Kier alpha value is -1.65. The van der Waals surface area contributed by atoms with Crippen molar-refractivity contribution in [2.24, 2.45) is 0 Å². The SMILES string of the molecule is CC1(O)CCN(CC(=O)c2c[nH]c3ccccc23)CC1. The van der Waals surface area contributed by atoms with Gasteiger partial charge in [0.2, 0.25) is 0 Å². The fraction of sp³-hybridized carbons (Fsp3) is 0.438. The normalized spacial score (nSPS) is 19.3. The highest BCUT2D eigenvalue weighted by Crippen LogP contribution is 2.22. The van der Waals surface area contributed by atoms with Gasteiger partial charge in [-0.25, -0.2) is 0 Å². The Morgan fingerprint density at radius 1 is 1.35 bits per heavy atom. The number of nitrogens with one attached hydrogen (secondary N) is 1. The van der Waals surface area contributed by atoms with Gasteiger partial charge < -0.3 is 10.1 Å². The van der Waals surface area contributed by atoms with E-state index in [0.717, 1.165) is 42.4 Å². The van der Waals surface area contributed by atoms with E-state index >= 15 is 0 Å². The van der Waals surface area contributed by atoms with E-state index in [4.69, 9.17) is 0 Å². The minimum atomic E-state index is -0.569. The number of para-hydroxylation sites is 1. The number of rotatable bonds is 3. The highest BCUT2D eigenvalue weighted by molar-refractivity contribution is 6.08. The number of H-pyrrole nitrogens is 1. The molecule has 0 unspecified atom stereocenters. The van der Waals surface area contributed by atoms with Crippen LogP contribution in [0.4, 0.5) is 0 Å². The molecule has 0 saturated carbocycles. The molecule has 1 aromatic carbocycles. The molecule has 3 rings (SSSR count). The fourth-order valence-electron chi connectivity index (χ4n) is 2.78. The highest BCUT2D eigenvalue weighted by Gasteiger charge is 2.28. The number of aliphatic hydroxyl groups is 1. The second kappa shape index (κ2) is 5.04. The number of likely N-dealkylation sites (tertiary alicyclic amines) is 1. The van der Waals surface area contributed by atoms with Crippen molar-refractivity contribution in [2.75, 3.05) is 19.6 Å². The number of fused-ring (bicyclic) bond motifs is 1. The summed E-state index contributed by atoms with van der Waals surface area (Å²) < 4.78 is 0. The molecule has 2 heterocycles. The summed E-state index contributed by atoms with van der Waals surface area (Å²) >= 11 is 0. The lowest BCUT2D eigenvalue weighted by Gasteiger charge is -2.35. The van der Waals surface area contributed by atoms with E-state index in [2.05, 4.69) is 9.88 Å². The number of piperidine rings is 1. The Morgan fingerprint density at radius 3 is 2.80 bits per heavy atom. The lowest BCUT2D eigenvalue weighted by atomic mass is 9.93. The summed E-state index contributed by atoms with van der Waals surface area (Å²) in [4.78, 5) is 17.7. The summed E-state index contributed by atoms with van der Waals surface area (Å²) in [5.41, 5.74) is 1.19. The number of hydrogen-bond donors (Lipinski definition) is 2. The maximum atomic E-state index is 12.4. The minimum Gasteiger partial charge on any atom is -0.390 e.